The van der Waals surface area contributed by atoms with Gasteiger partial charge in [0.25, 0.3) is 0 Å². The average molecular weight is 506 g/mol. The van der Waals surface area contributed by atoms with Gasteiger partial charge in [0.15, 0.2) is 0 Å². The number of benzene rings is 2. The van der Waals surface area contributed by atoms with E-state index in [4.69, 9.17) is 10.1 Å². The molecule has 1 aromatic heterocycles. The summed E-state index contributed by atoms with van der Waals surface area (Å²) in [6.45, 7) is 6.10. The van der Waals surface area contributed by atoms with E-state index in [0.717, 1.165) is 17.5 Å². The number of hydrogen-bond acceptors (Lipinski definition) is 5. The van der Waals surface area contributed by atoms with Gasteiger partial charge in [-0.1, -0.05) is 26.8 Å². The highest BCUT2D eigenvalue weighted by Crippen LogP contribution is 2.46. The van der Waals surface area contributed by atoms with Gasteiger partial charge in [-0.2, -0.15) is 0 Å². The first-order valence-corrected chi connectivity index (χ1v) is 11.9. The van der Waals surface area contributed by atoms with E-state index in [1.54, 1.807) is 0 Å². The number of aliphatic hydroxyl groups is 1. The number of nitrogens with zero attached hydrogens (tertiary/aromatic N) is 2. The largest absolute Gasteiger partial charge is 0.573 e. The number of aliphatic hydroxyl groups excluding tert-OH is 1. The summed E-state index contributed by atoms with van der Waals surface area (Å²) < 4.78 is 43.6. The van der Waals surface area contributed by atoms with Crippen molar-refractivity contribution in [3.05, 3.63) is 48.0 Å². The van der Waals surface area contributed by atoms with Crippen LogP contribution < -0.4 is 10.1 Å². The van der Waals surface area contributed by atoms with Gasteiger partial charge >= 0.3 is 12.3 Å². The van der Waals surface area contributed by atoms with Gasteiger partial charge in [-0.25, -0.2) is 4.98 Å². The van der Waals surface area contributed by atoms with Gasteiger partial charge in [-0.05, 0) is 72.6 Å². The number of alkyl halides is 3. The minimum absolute atomic E-state index is 0.00981. The Morgan fingerprint density at radius 3 is 2.53 bits per heavy atom. The minimum atomic E-state index is -4.77. The summed E-state index contributed by atoms with van der Waals surface area (Å²) in [5, 5.41) is 23.0. The Kier molecular flexibility index (Phi) is 6.92. The number of aromatic nitrogens is 2. The summed E-state index contributed by atoms with van der Waals surface area (Å²) >= 11 is 0. The van der Waals surface area contributed by atoms with E-state index in [2.05, 4.69) is 14.6 Å². The highest BCUT2D eigenvalue weighted by atomic mass is 19.4. The monoisotopic (exact) mass is 505 g/mol. The maximum absolute atomic E-state index is 12.5. The lowest BCUT2D eigenvalue weighted by Crippen LogP contribution is -2.42. The van der Waals surface area contributed by atoms with Crippen LogP contribution in [0, 0.1) is 11.3 Å². The summed E-state index contributed by atoms with van der Waals surface area (Å²) in [7, 11) is 0. The zero-order valence-corrected chi connectivity index (χ0v) is 20.3. The standard InChI is InChI=1S/C26H30F3N3O4/c1-15-12-18(14-25(2,3)23(15)35)32-21-10-4-16(5-11-22(33)34)13-20(21)31-24(32)30-17-6-8-19(9-7-17)36-26(27,28)29/h4,6-10,13,15,18,23,35H,5,11-12,14H2,1-3H3,(H,30,31)(H,33,34)/t15-,18+,23+/m0/s1. The molecule has 1 heterocycles. The topological polar surface area (TPSA) is 96.6 Å². The van der Waals surface area contributed by atoms with Crippen LogP contribution in [0.4, 0.5) is 24.8 Å². The van der Waals surface area contributed by atoms with Gasteiger partial charge in [0.1, 0.15) is 5.75 Å². The number of carboxylic acids is 1. The van der Waals surface area contributed by atoms with Crippen molar-refractivity contribution in [2.45, 2.75) is 65.0 Å². The van der Waals surface area contributed by atoms with E-state index < -0.39 is 18.4 Å². The Hall–Kier alpha value is -3.27. The van der Waals surface area contributed by atoms with E-state index in [9.17, 15) is 23.1 Å². The Bertz CT molecular complexity index is 1240. The van der Waals surface area contributed by atoms with Gasteiger partial charge in [0.05, 0.1) is 17.1 Å². The third kappa shape index (κ3) is 5.75. The van der Waals surface area contributed by atoms with Gasteiger partial charge in [0.2, 0.25) is 5.95 Å². The van der Waals surface area contributed by atoms with Gasteiger partial charge < -0.3 is 24.8 Å². The minimum Gasteiger partial charge on any atom is -0.481 e. The molecule has 10 heteroatoms. The quantitative estimate of drug-likeness (QED) is 0.362. The number of halogens is 3. The number of aryl methyl sites for hydroxylation is 1. The van der Waals surface area contributed by atoms with Crippen molar-refractivity contribution in [2.75, 3.05) is 5.32 Å². The molecule has 0 radical (unpaired) electrons. The van der Waals surface area contributed by atoms with Crippen LogP contribution in [0.2, 0.25) is 0 Å². The molecule has 0 amide bonds. The molecule has 3 atom stereocenters. The molecule has 0 aliphatic heterocycles. The number of nitrogens with one attached hydrogen (secondary N) is 1. The number of anilines is 2. The molecule has 4 rings (SSSR count). The van der Waals surface area contributed by atoms with Crippen LogP contribution in [0.25, 0.3) is 11.0 Å². The maximum Gasteiger partial charge on any atom is 0.573 e. The van der Waals surface area contributed by atoms with Crippen molar-refractivity contribution in [1.82, 2.24) is 9.55 Å². The van der Waals surface area contributed by atoms with Crippen molar-refractivity contribution in [3.63, 3.8) is 0 Å². The van der Waals surface area contributed by atoms with Crippen LogP contribution in [-0.2, 0) is 11.2 Å². The molecule has 3 N–H and O–H groups in total. The number of fused-ring (bicyclic) bond motifs is 1. The summed E-state index contributed by atoms with van der Waals surface area (Å²) in [6, 6.07) is 11.1. The first kappa shape index (κ1) is 25.8. The lowest BCUT2D eigenvalue weighted by atomic mass is 9.68. The second kappa shape index (κ2) is 9.65. The van der Waals surface area contributed by atoms with Crippen molar-refractivity contribution >= 4 is 28.6 Å². The Morgan fingerprint density at radius 1 is 1.22 bits per heavy atom. The summed E-state index contributed by atoms with van der Waals surface area (Å²) in [5.74, 6) is -0.619. The third-order valence-electron chi connectivity index (χ3n) is 6.84. The number of carbonyl (C=O) groups is 1. The molecule has 0 unspecified atom stereocenters. The van der Waals surface area contributed by atoms with E-state index in [1.165, 1.54) is 24.3 Å². The number of ether oxygens (including phenoxy) is 1. The smallest absolute Gasteiger partial charge is 0.481 e. The Morgan fingerprint density at radius 2 is 1.92 bits per heavy atom. The molecule has 194 valence electrons. The van der Waals surface area contributed by atoms with Gasteiger partial charge in [-0.3, -0.25) is 4.79 Å². The first-order chi connectivity index (χ1) is 16.8. The van der Waals surface area contributed by atoms with E-state index in [1.807, 2.05) is 39.0 Å². The molecule has 1 fully saturated rings. The number of aliphatic carboxylic acids is 1. The second-order valence-electron chi connectivity index (χ2n) is 10.2. The number of rotatable bonds is 7. The zero-order valence-electron chi connectivity index (χ0n) is 20.3. The van der Waals surface area contributed by atoms with Crippen molar-refractivity contribution < 1.29 is 32.9 Å². The van der Waals surface area contributed by atoms with Crippen LogP contribution in [0.1, 0.15) is 51.6 Å². The highest BCUT2D eigenvalue weighted by molar-refractivity contribution is 5.81. The average Bonchev–Trinajstić information content (AvgIpc) is 3.13. The molecule has 0 bridgehead atoms. The van der Waals surface area contributed by atoms with Gasteiger partial charge in [0, 0.05) is 18.2 Å². The van der Waals surface area contributed by atoms with Crippen molar-refractivity contribution in [1.29, 1.82) is 0 Å². The summed E-state index contributed by atoms with van der Waals surface area (Å²) in [5.41, 5.74) is 2.61. The Balaban J connectivity index is 1.71. The number of imidazole rings is 1. The molecule has 0 spiro atoms. The van der Waals surface area contributed by atoms with Crippen LogP contribution >= 0.6 is 0 Å². The van der Waals surface area contributed by atoms with Crippen LogP contribution in [0.15, 0.2) is 42.5 Å². The molecule has 2 aromatic carbocycles. The predicted octanol–water partition coefficient (Wildman–Crippen LogP) is 6.05. The van der Waals surface area contributed by atoms with Gasteiger partial charge in [-0.15, -0.1) is 13.2 Å². The highest BCUT2D eigenvalue weighted by Gasteiger charge is 2.41. The molecule has 1 aliphatic rings. The number of hydrogen-bond donors (Lipinski definition) is 3. The second-order valence-corrected chi connectivity index (χ2v) is 10.2. The molecule has 1 aliphatic carbocycles. The maximum atomic E-state index is 12.5. The molecule has 36 heavy (non-hydrogen) atoms. The Labute approximate surface area is 206 Å². The lowest BCUT2D eigenvalue weighted by Gasteiger charge is -2.44. The SMILES string of the molecule is C[C@H]1C[C@@H](n2c(Nc3ccc(OC(F)(F)F)cc3)nc3cc(CCC(=O)O)ccc32)CC(C)(C)[C@@H]1O. The molecule has 3 aromatic rings. The molecular formula is C26H30F3N3O4. The molecule has 0 saturated heterocycles. The van der Waals surface area contributed by atoms with E-state index in [0.29, 0.717) is 30.0 Å². The molecule has 7 nitrogen and oxygen atoms in total. The third-order valence-corrected chi connectivity index (χ3v) is 6.84. The van der Waals surface area contributed by atoms with Crippen molar-refractivity contribution in [2.24, 2.45) is 11.3 Å². The fourth-order valence-corrected chi connectivity index (χ4v) is 5.21. The number of carboxylic acid groups (broad SMARTS) is 1. The fourth-order valence-electron chi connectivity index (χ4n) is 5.21. The predicted molar refractivity (Wildman–Crippen MR) is 129 cm³/mol. The molecular weight excluding hydrogens is 475 g/mol. The fraction of sp³-hybridized carbons (Fsp3) is 0.462. The summed E-state index contributed by atoms with van der Waals surface area (Å²) in [4.78, 5) is 15.8. The lowest BCUT2D eigenvalue weighted by molar-refractivity contribution is -0.274. The zero-order chi connectivity index (χ0) is 26.3. The van der Waals surface area contributed by atoms with E-state index >= 15 is 0 Å². The van der Waals surface area contributed by atoms with E-state index in [-0.39, 0.29) is 29.5 Å². The normalized spacial score (nSPS) is 21.9. The van der Waals surface area contributed by atoms with Crippen molar-refractivity contribution in [3.8, 4) is 5.75 Å². The van der Waals surface area contributed by atoms with Crippen LogP contribution in [-0.4, -0.2) is 38.2 Å². The first-order valence-electron chi connectivity index (χ1n) is 11.9. The van der Waals surface area contributed by atoms with Crippen LogP contribution in [0.5, 0.6) is 5.75 Å². The van der Waals surface area contributed by atoms with Crippen LogP contribution in [0.3, 0.4) is 0 Å². The molecule has 1 saturated carbocycles. The summed E-state index contributed by atoms with van der Waals surface area (Å²) in [6.07, 6.45) is -3.39.